The molecule has 0 aromatic rings. The highest BCUT2D eigenvalue weighted by Crippen LogP contribution is 2.18. The van der Waals surface area contributed by atoms with Crippen molar-refractivity contribution in [2.75, 3.05) is 39.3 Å². The number of carbonyl (C=O) groups is 1. The number of nitrogens with zero attached hydrogens (tertiary/aromatic N) is 2. The molecular formula is C32H66N2O3. The summed E-state index contributed by atoms with van der Waals surface area (Å²) in [5.74, 6) is 0. The van der Waals surface area contributed by atoms with E-state index in [2.05, 4.69) is 51.3 Å². The molecular weight excluding hydrogens is 460 g/mol. The van der Waals surface area contributed by atoms with Crippen LogP contribution in [-0.4, -0.2) is 67.4 Å². The van der Waals surface area contributed by atoms with Gasteiger partial charge in [0.25, 0.3) is 0 Å². The molecule has 0 fully saturated rings. The van der Waals surface area contributed by atoms with Crippen molar-refractivity contribution in [2.24, 2.45) is 0 Å². The number of hydrogen-bond donors (Lipinski definition) is 0. The van der Waals surface area contributed by atoms with Crippen LogP contribution in [0.4, 0.5) is 4.79 Å². The monoisotopic (exact) mass is 527 g/mol. The van der Waals surface area contributed by atoms with Gasteiger partial charge >= 0.3 is 6.16 Å². The second kappa shape index (κ2) is 26.8. The first-order valence-electron chi connectivity index (χ1n) is 16.3. The Morgan fingerprint density at radius 1 is 0.622 bits per heavy atom. The molecule has 37 heavy (non-hydrogen) atoms. The first kappa shape index (κ1) is 36.2. The molecule has 0 amide bonds. The van der Waals surface area contributed by atoms with E-state index in [1.54, 1.807) is 0 Å². The molecule has 0 N–H and O–H groups in total. The third kappa shape index (κ3) is 22.8. The summed E-state index contributed by atoms with van der Waals surface area (Å²) in [7, 11) is 0. The summed E-state index contributed by atoms with van der Waals surface area (Å²) in [6.45, 7) is 18.7. The van der Waals surface area contributed by atoms with E-state index in [-0.39, 0.29) is 6.10 Å². The second-order valence-corrected chi connectivity index (χ2v) is 11.2. The van der Waals surface area contributed by atoms with Gasteiger partial charge in [-0.3, -0.25) is 4.90 Å². The van der Waals surface area contributed by atoms with Gasteiger partial charge in [0.15, 0.2) is 0 Å². The third-order valence-corrected chi connectivity index (χ3v) is 7.70. The van der Waals surface area contributed by atoms with Crippen LogP contribution in [0.15, 0.2) is 0 Å². The molecule has 0 saturated carbocycles. The molecule has 0 spiro atoms. The van der Waals surface area contributed by atoms with Crippen molar-refractivity contribution < 1.29 is 14.3 Å². The molecule has 0 aliphatic carbocycles. The molecule has 0 aliphatic rings. The molecule has 0 aliphatic heterocycles. The van der Waals surface area contributed by atoms with Crippen LogP contribution in [0.25, 0.3) is 0 Å². The summed E-state index contributed by atoms with van der Waals surface area (Å²) >= 11 is 0. The van der Waals surface area contributed by atoms with E-state index in [0.717, 1.165) is 58.4 Å². The minimum Gasteiger partial charge on any atom is -0.433 e. The largest absolute Gasteiger partial charge is 0.508 e. The van der Waals surface area contributed by atoms with Crippen molar-refractivity contribution >= 4 is 6.16 Å². The Morgan fingerprint density at radius 2 is 1.08 bits per heavy atom. The van der Waals surface area contributed by atoms with Gasteiger partial charge < -0.3 is 14.4 Å². The fourth-order valence-electron chi connectivity index (χ4n) is 4.95. The van der Waals surface area contributed by atoms with Gasteiger partial charge in [-0.1, -0.05) is 111 Å². The number of unbranched alkanes of at least 4 members (excludes halogenated alkanes) is 13. The summed E-state index contributed by atoms with van der Waals surface area (Å²) in [6, 6.07) is 0.433. The van der Waals surface area contributed by atoms with Crippen molar-refractivity contribution in [1.82, 2.24) is 9.80 Å². The molecule has 5 heteroatoms. The average molecular weight is 527 g/mol. The highest BCUT2D eigenvalue weighted by Gasteiger charge is 2.17. The van der Waals surface area contributed by atoms with E-state index < -0.39 is 6.16 Å². The molecule has 0 aromatic carbocycles. The molecule has 5 nitrogen and oxygen atoms in total. The summed E-state index contributed by atoms with van der Waals surface area (Å²) in [5, 5.41) is 0. The van der Waals surface area contributed by atoms with Gasteiger partial charge in [0.05, 0.1) is 0 Å². The lowest BCUT2D eigenvalue weighted by molar-refractivity contribution is 0.00999. The lowest BCUT2D eigenvalue weighted by atomic mass is 10.0. The van der Waals surface area contributed by atoms with Gasteiger partial charge in [0.2, 0.25) is 0 Å². The van der Waals surface area contributed by atoms with Gasteiger partial charge in [-0.25, -0.2) is 4.79 Å². The number of carbonyl (C=O) groups excluding carboxylic acids is 1. The molecule has 1 unspecified atom stereocenters. The lowest BCUT2D eigenvalue weighted by Gasteiger charge is -2.29. The molecule has 0 aromatic heterocycles. The summed E-state index contributed by atoms with van der Waals surface area (Å²) < 4.78 is 11.4. The van der Waals surface area contributed by atoms with Gasteiger partial charge in [-0.15, -0.1) is 0 Å². The van der Waals surface area contributed by atoms with Crippen LogP contribution in [0, 0.1) is 0 Å². The standard InChI is InChI=1S/C32H66N2O3/c1-7-11-13-15-17-19-21-23-25-31(24-22-20-18-16-14-12-8-2)37-32(35)36-29-28-34(30(5)6)27-26-33(9-3)10-4/h30-31H,7-29H2,1-6H3. The Kier molecular flexibility index (Phi) is 26.2. The molecule has 0 radical (unpaired) electrons. The topological polar surface area (TPSA) is 42.0 Å². The maximum atomic E-state index is 12.5. The van der Waals surface area contributed by atoms with Crippen LogP contribution < -0.4 is 0 Å². The predicted molar refractivity (Wildman–Crippen MR) is 161 cm³/mol. The van der Waals surface area contributed by atoms with E-state index in [1.165, 1.54) is 83.5 Å². The molecule has 222 valence electrons. The number of hydrogen-bond acceptors (Lipinski definition) is 5. The van der Waals surface area contributed by atoms with Crippen molar-refractivity contribution in [3.63, 3.8) is 0 Å². The van der Waals surface area contributed by atoms with E-state index in [9.17, 15) is 4.79 Å². The zero-order valence-corrected chi connectivity index (χ0v) is 26.0. The first-order valence-corrected chi connectivity index (χ1v) is 16.3. The first-order chi connectivity index (χ1) is 18.0. The third-order valence-electron chi connectivity index (χ3n) is 7.70. The SMILES string of the molecule is CCCCCCCCCCC(CCCCCCCCC)OC(=O)OCCN(CCN(CC)CC)C(C)C. The fraction of sp³-hybridized carbons (Fsp3) is 0.969. The van der Waals surface area contributed by atoms with E-state index in [4.69, 9.17) is 9.47 Å². The maximum Gasteiger partial charge on any atom is 0.508 e. The quantitative estimate of drug-likeness (QED) is 0.0788. The predicted octanol–water partition coefficient (Wildman–Crippen LogP) is 9.23. The molecule has 1 atom stereocenters. The van der Waals surface area contributed by atoms with Crippen molar-refractivity contribution in [1.29, 1.82) is 0 Å². The zero-order chi connectivity index (χ0) is 27.6. The van der Waals surface area contributed by atoms with E-state index >= 15 is 0 Å². The van der Waals surface area contributed by atoms with Crippen molar-refractivity contribution in [2.45, 2.75) is 163 Å². The fourth-order valence-corrected chi connectivity index (χ4v) is 4.95. The summed E-state index contributed by atoms with van der Waals surface area (Å²) in [6.07, 6.45) is 20.9. The van der Waals surface area contributed by atoms with Gasteiger partial charge in [0.1, 0.15) is 12.7 Å². The Balaban J connectivity index is 4.41. The number of ether oxygens (including phenoxy) is 2. The molecule has 0 saturated heterocycles. The van der Waals surface area contributed by atoms with Crippen LogP contribution in [-0.2, 0) is 9.47 Å². The zero-order valence-electron chi connectivity index (χ0n) is 26.0. The number of rotatable bonds is 27. The van der Waals surface area contributed by atoms with Crippen LogP contribution in [0.3, 0.4) is 0 Å². The maximum absolute atomic E-state index is 12.5. The lowest BCUT2D eigenvalue weighted by Crippen LogP contribution is -2.40. The summed E-state index contributed by atoms with van der Waals surface area (Å²) in [4.78, 5) is 17.4. The Bertz CT molecular complexity index is 483. The Labute approximate surface area is 232 Å². The number of likely N-dealkylation sites (N-methyl/N-ethyl adjacent to an activating group) is 1. The summed E-state index contributed by atoms with van der Waals surface area (Å²) in [5.41, 5.74) is 0. The molecule has 0 rings (SSSR count). The van der Waals surface area contributed by atoms with E-state index in [0.29, 0.717) is 12.6 Å². The van der Waals surface area contributed by atoms with E-state index in [1.807, 2.05) is 0 Å². The van der Waals surface area contributed by atoms with Crippen LogP contribution in [0.5, 0.6) is 0 Å². The van der Waals surface area contributed by atoms with Gasteiger partial charge in [-0.05, 0) is 52.6 Å². The molecule has 0 bridgehead atoms. The van der Waals surface area contributed by atoms with Crippen molar-refractivity contribution in [3.8, 4) is 0 Å². The normalized spacial score (nSPS) is 12.6. The Morgan fingerprint density at radius 3 is 1.51 bits per heavy atom. The Hall–Kier alpha value is -0.810. The highest BCUT2D eigenvalue weighted by atomic mass is 16.7. The van der Waals surface area contributed by atoms with Gasteiger partial charge in [-0.2, -0.15) is 0 Å². The van der Waals surface area contributed by atoms with Gasteiger partial charge in [0, 0.05) is 25.7 Å². The average Bonchev–Trinajstić information content (AvgIpc) is 2.88. The van der Waals surface area contributed by atoms with Crippen LogP contribution >= 0.6 is 0 Å². The highest BCUT2D eigenvalue weighted by molar-refractivity contribution is 5.60. The van der Waals surface area contributed by atoms with Crippen LogP contribution in [0.2, 0.25) is 0 Å². The second-order valence-electron chi connectivity index (χ2n) is 11.2. The van der Waals surface area contributed by atoms with Crippen molar-refractivity contribution in [3.05, 3.63) is 0 Å². The molecule has 0 heterocycles. The van der Waals surface area contributed by atoms with Crippen LogP contribution in [0.1, 0.15) is 151 Å². The minimum atomic E-state index is -0.472. The smallest absolute Gasteiger partial charge is 0.433 e. The minimum absolute atomic E-state index is 0.00658.